The highest BCUT2D eigenvalue weighted by atomic mass is 32.2. The third-order valence-corrected chi connectivity index (χ3v) is 6.73. The fourth-order valence-corrected chi connectivity index (χ4v) is 4.67. The van der Waals surface area contributed by atoms with Gasteiger partial charge in [-0.1, -0.05) is 43.8 Å². The van der Waals surface area contributed by atoms with Crippen molar-refractivity contribution in [2.45, 2.75) is 63.7 Å². The molecule has 1 heterocycles. The maximum absolute atomic E-state index is 12.9. The van der Waals surface area contributed by atoms with Crippen molar-refractivity contribution in [3.05, 3.63) is 52.2 Å². The van der Waals surface area contributed by atoms with Crippen LogP contribution in [-0.2, 0) is 17.6 Å². The number of anilines is 1. The van der Waals surface area contributed by atoms with Gasteiger partial charge in [0.25, 0.3) is 0 Å². The van der Waals surface area contributed by atoms with Crippen LogP contribution in [0.25, 0.3) is 0 Å². The number of hydrogen-bond acceptors (Lipinski definition) is 4. The Kier molecular flexibility index (Phi) is 6.41. The number of hydrogen-bond donors (Lipinski definition) is 1. The molecule has 1 aromatic carbocycles. The monoisotopic (exact) mass is 393 g/mol. The number of amides is 1. The number of thioether (sulfide) groups is 1. The SMILES string of the molecule is CCC(Sc1nc2c(cc1C#N)CC(C)CC2)C(=O)Nc1c(C)cccc1C. The Labute approximate surface area is 171 Å². The number of pyridine rings is 1. The molecular weight excluding hydrogens is 366 g/mol. The summed E-state index contributed by atoms with van der Waals surface area (Å²) in [6.07, 6.45) is 3.72. The first kappa shape index (κ1) is 20.4. The minimum Gasteiger partial charge on any atom is -0.325 e. The van der Waals surface area contributed by atoms with Gasteiger partial charge >= 0.3 is 0 Å². The van der Waals surface area contributed by atoms with Crippen molar-refractivity contribution in [1.29, 1.82) is 5.26 Å². The van der Waals surface area contributed by atoms with Gasteiger partial charge in [-0.25, -0.2) is 4.98 Å². The molecule has 1 aliphatic carbocycles. The molecule has 0 saturated carbocycles. The summed E-state index contributed by atoms with van der Waals surface area (Å²) in [6.45, 7) is 8.23. The van der Waals surface area contributed by atoms with Crippen LogP contribution in [0.1, 0.15) is 54.6 Å². The summed E-state index contributed by atoms with van der Waals surface area (Å²) in [4.78, 5) is 17.7. The van der Waals surface area contributed by atoms with E-state index in [4.69, 9.17) is 4.98 Å². The first-order valence-corrected chi connectivity index (χ1v) is 10.8. The number of nitriles is 1. The second-order valence-electron chi connectivity index (χ2n) is 7.68. The average Bonchev–Trinajstić information content (AvgIpc) is 2.68. The first-order chi connectivity index (χ1) is 13.4. The molecule has 1 aromatic heterocycles. The number of fused-ring (bicyclic) bond motifs is 1. The van der Waals surface area contributed by atoms with E-state index in [2.05, 4.69) is 18.3 Å². The minimum absolute atomic E-state index is 0.0399. The fraction of sp³-hybridized carbons (Fsp3) is 0.435. The van der Waals surface area contributed by atoms with E-state index in [1.807, 2.05) is 45.0 Å². The Morgan fingerprint density at radius 1 is 1.39 bits per heavy atom. The van der Waals surface area contributed by atoms with Crippen LogP contribution in [0.5, 0.6) is 0 Å². The van der Waals surface area contributed by atoms with Crippen molar-refractivity contribution in [3.63, 3.8) is 0 Å². The zero-order valence-electron chi connectivity index (χ0n) is 17.0. The van der Waals surface area contributed by atoms with Gasteiger partial charge in [0.15, 0.2) is 0 Å². The smallest absolute Gasteiger partial charge is 0.237 e. The summed E-state index contributed by atoms with van der Waals surface area (Å²) in [6, 6.07) is 10.2. The molecule has 28 heavy (non-hydrogen) atoms. The standard InChI is InChI=1S/C23H27N3OS/c1-5-20(22(27)26-21-15(3)7-6-8-16(21)4)28-23-18(13-24)12-17-11-14(2)9-10-19(17)25-23/h6-8,12,14,20H,5,9-11H2,1-4H3,(H,26,27). The van der Waals surface area contributed by atoms with Crippen molar-refractivity contribution in [2.75, 3.05) is 5.32 Å². The molecule has 4 nitrogen and oxygen atoms in total. The highest BCUT2D eigenvalue weighted by molar-refractivity contribution is 8.00. The van der Waals surface area contributed by atoms with Crippen LogP contribution in [0.15, 0.2) is 29.3 Å². The lowest BCUT2D eigenvalue weighted by atomic mass is 9.87. The van der Waals surface area contributed by atoms with Gasteiger partial charge in [-0.15, -0.1) is 0 Å². The van der Waals surface area contributed by atoms with Gasteiger partial charge in [-0.3, -0.25) is 4.79 Å². The second kappa shape index (κ2) is 8.79. The van der Waals surface area contributed by atoms with Crippen LogP contribution in [-0.4, -0.2) is 16.1 Å². The second-order valence-corrected chi connectivity index (χ2v) is 8.87. The number of carbonyl (C=O) groups excluding carboxylic acids is 1. The van der Waals surface area contributed by atoms with E-state index in [0.29, 0.717) is 22.9 Å². The average molecular weight is 394 g/mol. The van der Waals surface area contributed by atoms with Crippen molar-refractivity contribution in [1.82, 2.24) is 4.98 Å². The number of benzene rings is 1. The molecule has 5 heteroatoms. The number of nitrogens with one attached hydrogen (secondary N) is 1. The number of para-hydroxylation sites is 1. The van der Waals surface area contributed by atoms with E-state index in [0.717, 1.165) is 41.8 Å². The molecule has 0 fully saturated rings. The first-order valence-electron chi connectivity index (χ1n) is 9.89. The number of aromatic nitrogens is 1. The topological polar surface area (TPSA) is 65.8 Å². The van der Waals surface area contributed by atoms with E-state index in [1.54, 1.807) is 0 Å². The molecule has 2 atom stereocenters. The van der Waals surface area contributed by atoms with Crippen LogP contribution >= 0.6 is 11.8 Å². The molecule has 2 aromatic rings. The third-order valence-electron chi connectivity index (χ3n) is 5.37. The van der Waals surface area contributed by atoms with E-state index in [-0.39, 0.29) is 11.2 Å². The largest absolute Gasteiger partial charge is 0.325 e. The van der Waals surface area contributed by atoms with E-state index >= 15 is 0 Å². The van der Waals surface area contributed by atoms with E-state index in [9.17, 15) is 10.1 Å². The maximum Gasteiger partial charge on any atom is 0.237 e. The van der Waals surface area contributed by atoms with Gasteiger partial charge in [0.1, 0.15) is 11.1 Å². The van der Waals surface area contributed by atoms with Gasteiger partial charge in [0.2, 0.25) is 5.91 Å². The maximum atomic E-state index is 12.9. The fourth-order valence-electron chi connectivity index (χ4n) is 3.67. The molecule has 3 rings (SSSR count). The Balaban J connectivity index is 1.83. The van der Waals surface area contributed by atoms with Crippen LogP contribution in [0, 0.1) is 31.1 Å². The molecule has 146 valence electrons. The molecule has 0 saturated heterocycles. The molecule has 1 N–H and O–H groups in total. The highest BCUT2D eigenvalue weighted by Gasteiger charge is 2.24. The minimum atomic E-state index is -0.292. The molecule has 0 radical (unpaired) electrons. The summed E-state index contributed by atoms with van der Waals surface area (Å²) in [5.74, 6) is 0.591. The summed E-state index contributed by atoms with van der Waals surface area (Å²) in [7, 11) is 0. The quantitative estimate of drug-likeness (QED) is 0.709. The van der Waals surface area contributed by atoms with Crippen molar-refractivity contribution >= 4 is 23.4 Å². The third kappa shape index (κ3) is 4.39. The molecule has 0 bridgehead atoms. The predicted octanol–water partition coefficient (Wildman–Crippen LogP) is 5.20. The van der Waals surface area contributed by atoms with Gasteiger partial charge in [-0.05, 0) is 68.2 Å². The zero-order valence-corrected chi connectivity index (χ0v) is 17.8. The summed E-state index contributed by atoms with van der Waals surface area (Å²) in [5.41, 5.74) is 5.83. The van der Waals surface area contributed by atoms with Crippen molar-refractivity contribution in [3.8, 4) is 6.07 Å². The molecule has 1 aliphatic rings. The zero-order chi connectivity index (χ0) is 20.3. The summed E-state index contributed by atoms with van der Waals surface area (Å²) >= 11 is 1.41. The van der Waals surface area contributed by atoms with Gasteiger partial charge in [-0.2, -0.15) is 5.26 Å². The van der Waals surface area contributed by atoms with Crippen LogP contribution < -0.4 is 5.32 Å². The number of aryl methyl sites for hydroxylation is 3. The van der Waals surface area contributed by atoms with Crippen LogP contribution in [0.4, 0.5) is 5.69 Å². The van der Waals surface area contributed by atoms with Crippen LogP contribution in [0.2, 0.25) is 0 Å². The Bertz CT molecular complexity index is 912. The Morgan fingerprint density at radius 2 is 2.11 bits per heavy atom. The van der Waals surface area contributed by atoms with Crippen LogP contribution in [0.3, 0.4) is 0 Å². The van der Waals surface area contributed by atoms with Crippen molar-refractivity contribution < 1.29 is 4.79 Å². The normalized spacial score (nSPS) is 16.8. The molecule has 2 unspecified atom stereocenters. The Hall–Kier alpha value is -2.32. The highest BCUT2D eigenvalue weighted by Crippen LogP contribution is 2.33. The molecule has 0 aliphatic heterocycles. The summed E-state index contributed by atoms with van der Waals surface area (Å²) < 4.78 is 0. The van der Waals surface area contributed by atoms with Gasteiger partial charge in [0, 0.05) is 11.4 Å². The number of rotatable bonds is 5. The van der Waals surface area contributed by atoms with Crippen molar-refractivity contribution in [2.24, 2.45) is 5.92 Å². The van der Waals surface area contributed by atoms with Gasteiger partial charge < -0.3 is 5.32 Å². The van der Waals surface area contributed by atoms with E-state index in [1.165, 1.54) is 17.3 Å². The number of carbonyl (C=O) groups is 1. The van der Waals surface area contributed by atoms with E-state index < -0.39 is 0 Å². The molecule has 0 spiro atoms. The lowest BCUT2D eigenvalue weighted by Gasteiger charge is -2.22. The molecular formula is C23H27N3OS. The number of nitrogens with zero attached hydrogens (tertiary/aromatic N) is 2. The van der Waals surface area contributed by atoms with Gasteiger partial charge in [0.05, 0.1) is 10.8 Å². The predicted molar refractivity (Wildman–Crippen MR) is 115 cm³/mol. The lowest BCUT2D eigenvalue weighted by Crippen LogP contribution is -2.26. The summed E-state index contributed by atoms with van der Waals surface area (Å²) in [5, 5.41) is 13.1. The Morgan fingerprint density at radius 3 is 2.75 bits per heavy atom. The molecule has 1 amide bonds. The lowest BCUT2D eigenvalue weighted by molar-refractivity contribution is -0.115.